The molecule has 1 saturated heterocycles. The van der Waals surface area contributed by atoms with Gasteiger partial charge in [0.1, 0.15) is 0 Å². The second kappa shape index (κ2) is 8.47. The van der Waals surface area contributed by atoms with Crippen LogP contribution in [0.3, 0.4) is 0 Å². The van der Waals surface area contributed by atoms with Crippen LogP contribution in [0.2, 0.25) is 0 Å². The molecule has 0 spiro atoms. The molecule has 0 saturated carbocycles. The Kier molecular flexibility index (Phi) is 5.81. The van der Waals surface area contributed by atoms with E-state index in [0.717, 1.165) is 11.1 Å². The quantitative estimate of drug-likeness (QED) is 0.403. The van der Waals surface area contributed by atoms with Crippen molar-refractivity contribution in [3.8, 4) is 0 Å². The van der Waals surface area contributed by atoms with Gasteiger partial charge in [0.15, 0.2) is 0 Å². The first-order valence-electron chi connectivity index (χ1n) is 8.94. The predicted octanol–water partition coefficient (Wildman–Crippen LogP) is 2.60. The third-order valence-corrected chi connectivity index (χ3v) is 4.54. The molecule has 11 nitrogen and oxygen atoms in total. The van der Waals surface area contributed by atoms with Gasteiger partial charge in [-0.1, -0.05) is 24.3 Å². The van der Waals surface area contributed by atoms with Crippen molar-refractivity contribution in [2.75, 3.05) is 0 Å². The number of amides is 3. The maximum absolute atomic E-state index is 13.2. The second-order valence-electron chi connectivity index (χ2n) is 6.51. The zero-order valence-corrected chi connectivity index (χ0v) is 15.6. The Balaban J connectivity index is 2.06. The molecule has 2 aromatic carbocycles. The molecule has 0 bridgehead atoms. The van der Waals surface area contributed by atoms with Crippen molar-refractivity contribution in [2.45, 2.75) is 25.8 Å². The Bertz CT molecular complexity index is 1040. The average Bonchev–Trinajstić information content (AvgIpc) is 2.72. The Morgan fingerprint density at radius 1 is 0.967 bits per heavy atom. The number of benzene rings is 2. The van der Waals surface area contributed by atoms with Crippen LogP contribution in [-0.4, -0.2) is 37.6 Å². The molecule has 1 aliphatic rings. The maximum atomic E-state index is 13.2. The van der Waals surface area contributed by atoms with Gasteiger partial charge in [0, 0.05) is 36.6 Å². The fourth-order valence-electron chi connectivity index (χ4n) is 3.13. The predicted molar refractivity (Wildman–Crippen MR) is 102 cm³/mol. The van der Waals surface area contributed by atoms with Crippen LogP contribution in [0.4, 0.5) is 11.4 Å². The van der Waals surface area contributed by atoms with E-state index in [1.165, 1.54) is 42.5 Å². The molecule has 1 aliphatic heterocycles. The zero-order chi connectivity index (χ0) is 21.8. The number of imide groups is 1. The summed E-state index contributed by atoms with van der Waals surface area (Å²) in [6, 6.07) is 10.4. The largest absolute Gasteiger partial charge is 0.274 e. The van der Waals surface area contributed by atoms with E-state index in [2.05, 4.69) is 0 Å². The smallest absolute Gasteiger partial charge is 0.273 e. The van der Waals surface area contributed by atoms with Gasteiger partial charge < -0.3 is 0 Å². The van der Waals surface area contributed by atoms with E-state index in [4.69, 9.17) is 0 Å². The van der Waals surface area contributed by atoms with E-state index in [-0.39, 0.29) is 35.3 Å². The van der Waals surface area contributed by atoms with Crippen molar-refractivity contribution in [3.63, 3.8) is 0 Å². The molecular formula is C19H16N4O7. The highest BCUT2D eigenvalue weighted by atomic mass is 16.6. The highest BCUT2D eigenvalue weighted by Crippen LogP contribution is 2.25. The number of non-ortho nitro benzene ring substituents is 1. The van der Waals surface area contributed by atoms with Crippen molar-refractivity contribution in [3.05, 3.63) is 79.9 Å². The van der Waals surface area contributed by atoms with Gasteiger partial charge in [-0.3, -0.25) is 34.6 Å². The average molecular weight is 412 g/mol. The maximum Gasteiger partial charge on any atom is 0.274 e. The first-order valence-corrected chi connectivity index (χ1v) is 8.94. The molecule has 0 N–H and O–H groups in total. The van der Waals surface area contributed by atoms with Gasteiger partial charge in [-0.05, 0) is 12.5 Å². The number of nitro groups is 2. The molecule has 0 radical (unpaired) electrons. The summed E-state index contributed by atoms with van der Waals surface area (Å²) in [5.41, 5.74) is -0.657. The molecular weight excluding hydrogens is 396 g/mol. The van der Waals surface area contributed by atoms with Gasteiger partial charge in [0.05, 0.1) is 22.0 Å². The topological polar surface area (TPSA) is 144 Å². The lowest BCUT2D eigenvalue weighted by Gasteiger charge is -2.35. The monoisotopic (exact) mass is 412 g/mol. The van der Waals surface area contributed by atoms with Crippen LogP contribution in [0.15, 0.2) is 48.5 Å². The minimum Gasteiger partial charge on any atom is -0.273 e. The summed E-state index contributed by atoms with van der Waals surface area (Å²) in [6.07, 6.45) is 0.390. The number of carbonyl (C=O) groups is 3. The number of nitro benzene ring substituents is 2. The van der Waals surface area contributed by atoms with Crippen molar-refractivity contribution < 1.29 is 24.2 Å². The van der Waals surface area contributed by atoms with Crippen LogP contribution in [0.25, 0.3) is 0 Å². The van der Waals surface area contributed by atoms with E-state index in [9.17, 15) is 34.6 Å². The van der Waals surface area contributed by atoms with Crippen LogP contribution < -0.4 is 0 Å². The van der Waals surface area contributed by atoms with Crippen molar-refractivity contribution in [1.29, 1.82) is 0 Å². The number of hydrogen-bond donors (Lipinski definition) is 0. The molecule has 0 aromatic heterocycles. The fourth-order valence-corrected chi connectivity index (χ4v) is 3.13. The van der Waals surface area contributed by atoms with Crippen LogP contribution >= 0.6 is 0 Å². The molecule has 2 aromatic rings. The van der Waals surface area contributed by atoms with Gasteiger partial charge in [0.25, 0.3) is 17.3 Å². The lowest BCUT2D eigenvalue weighted by atomic mass is 10.1. The normalized spacial score (nSPS) is 13.8. The third kappa shape index (κ3) is 4.14. The lowest BCUT2D eigenvalue weighted by Crippen LogP contribution is -2.54. The Morgan fingerprint density at radius 2 is 1.63 bits per heavy atom. The number of piperidine rings is 1. The van der Waals surface area contributed by atoms with Crippen molar-refractivity contribution in [2.24, 2.45) is 0 Å². The molecule has 1 fully saturated rings. The second-order valence-corrected chi connectivity index (χ2v) is 6.51. The number of hydrogen-bond acceptors (Lipinski definition) is 7. The molecule has 0 unspecified atom stereocenters. The van der Waals surface area contributed by atoms with Gasteiger partial charge in [-0.15, -0.1) is 0 Å². The van der Waals surface area contributed by atoms with E-state index in [1.54, 1.807) is 0 Å². The van der Waals surface area contributed by atoms with E-state index >= 15 is 0 Å². The van der Waals surface area contributed by atoms with Gasteiger partial charge in [-0.2, -0.15) is 5.01 Å². The third-order valence-electron chi connectivity index (χ3n) is 4.54. The molecule has 154 valence electrons. The number of hydrazine groups is 1. The van der Waals surface area contributed by atoms with Crippen LogP contribution in [0, 0.1) is 20.2 Å². The summed E-state index contributed by atoms with van der Waals surface area (Å²) < 4.78 is 0. The summed E-state index contributed by atoms with van der Waals surface area (Å²) in [6.45, 7) is -0.434. The van der Waals surface area contributed by atoms with E-state index in [1.807, 2.05) is 0 Å². The Morgan fingerprint density at radius 3 is 2.27 bits per heavy atom. The lowest BCUT2D eigenvalue weighted by molar-refractivity contribution is -0.385. The molecule has 11 heteroatoms. The minimum absolute atomic E-state index is 0.0291. The fraction of sp³-hybridized carbons (Fsp3) is 0.211. The van der Waals surface area contributed by atoms with E-state index < -0.39 is 34.1 Å². The molecule has 1 heterocycles. The highest BCUT2D eigenvalue weighted by molar-refractivity contribution is 6.02. The number of nitrogens with zero attached hydrogens (tertiary/aromatic N) is 4. The van der Waals surface area contributed by atoms with Crippen molar-refractivity contribution in [1.82, 2.24) is 10.0 Å². The van der Waals surface area contributed by atoms with E-state index in [0.29, 0.717) is 11.4 Å². The summed E-state index contributed by atoms with van der Waals surface area (Å²) in [7, 11) is 0. The Labute approximate surface area is 169 Å². The first kappa shape index (κ1) is 20.6. The summed E-state index contributed by atoms with van der Waals surface area (Å²) in [5, 5.41) is 23.9. The Hall–Kier alpha value is -4.15. The summed E-state index contributed by atoms with van der Waals surface area (Å²) >= 11 is 0. The summed E-state index contributed by atoms with van der Waals surface area (Å²) in [5.74, 6) is -2.10. The summed E-state index contributed by atoms with van der Waals surface area (Å²) in [4.78, 5) is 59.1. The SMILES string of the molecule is O=C(c1cccc([N+](=O)[O-])c1)N(Cc1ccccc1[N+](=O)[O-])N1C(=O)CCCC1=O. The zero-order valence-electron chi connectivity index (χ0n) is 15.6. The molecule has 30 heavy (non-hydrogen) atoms. The minimum atomic E-state index is -0.861. The van der Waals surface area contributed by atoms with Gasteiger partial charge in [0.2, 0.25) is 11.8 Å². The van der Waals surface area contributed by atoms with Crippen LogP contribution in [-0.2, 0) is 16.1 Å². The van der Waals surface area contributed by atoms with Crippen LogP contribution in [0.5, 0.6) is 0 Å². The van der Waals surface area contributed by atoms with Crippen molar-refractivity contribution >= 4 is 29.1 Å². The van der Waals surface area contributed by atoms with Crippen LogP contribution in [0.1, 0.15) is 35.2 Å². The van der Waals surface area contributed by atoms with Gasteiger partial charge >= 0.3 is 0 Å². The standard InChI is InChI=1S/C19H16N4O7/c24-17-9-4-10-18(25)21(17)20(12-14-5-1-2-8-16(14)23(29)30)19(26)13-6-3-7-15(11-13)22(27)28/h1-3,5-8,11H,4,9-10,12H2. The molecule has 0 aliphatic carbocycles. The molecule has 3 amide bonds. The first-order chi connectivity index (χ1) is 14.3. The number of rotatable bonds is 6. The highest BCUT2D eigenvalue weighted by Gasteiger charge is 2.36. The number of para-hydroxylation sites is 1. The molecule has 0 atom stereocenters. The van der Waals surface area contributed by atoms with Gasteiger partial charge in [-0.25, -0.2) is 5.01 Å². The number of carbonyl (C=O) groups excluding carboxylic acids is 3. The molecule has 3 rings (SSSR count).